The maximum Gasteiger partial charge on any atom is 0.272 e. The Balaban J connectivity index is 0.654. The van der Waals surface area contributed by atoms with Gasteiger partial charge in [-0.1, -0.05) is 61.7 Å². The number of likely N-dealkylation sites (tertiary alicyclic amines) is 2. The summed E-state index contributed by atoms with van der Waals surface area (Å²) < 4.78 is 26.5. The lowest BCUT2D eigenvalue weighted by molar-refractivity contribution is -0.137. The number of carbonyl (C=O) groups excluding carboxylic acids is 5. The number of fused-ring (bicyclic) bond motifs is 1. The molecular weight excluding hydrogens is 1070 g/mol. The number of halogens is 1. The van der Waals surface area contributed by atoms with E-state index < -0.39 is 17.8 Å². The molecule has 2 atom stereocenters. The van der Waals surface area contributed by atoms with Gasteiger partial charge in [0, 0.05) is 113 Å². The van der Waals surface area contributed by atoms with E-state index in [0.29, 0.717) is 112 Å². The second kappa shape index (κ2) is 28.1. The minimum atomic E-state index is -0.609. The van der Waals surface area contributed by atoms with Gasteiger partial charge in [0.05, 0.1) is 43.4 Å². The van der Waals surface area contributed by atoms with Crippen LogP contribution in [0.3, 0.4) is 0 Å². The predicted octanol–water partition coefficient (Wildman–Crippen LogP) is 6.42. The van der Waals surface area contributed by atoms with Crippen LogP contribution in [0.2, 0.25) is 0 Å². The van der Waals surface area contributed by atoms with Crippen LogP contribution in [0.25, 0.3) is 10.8 Å². The molecule has 0 radical (unpaired) electrons. The van der Waals surface area contributed by atoms with Crippen molar-refractivity contribution in [2.75, 3.05) is 119 Å². The van der Waals surface area contributed by atoms with Crippen LogP contribution in [0.1, 0.15) is 114 Å². The van der Waals surface area contributed by atoms with E-state index in [4.69, 9.17) is 9.47 Å². The molecule has 84 heavy (non-hydrogen) atoms. The minimum Gasteiger partial charge on any atom is -0.497 e. The molecule has 0 bridgehead atoms. The Labute approximate surface area is 492 Å². The molecule has 0 spiro atoms. The fraction of sp³-hybridized carbons (Fsp3) is 0.523. The molecule has 10 rings (SSSR count). The number of methoxy groups -OCH3 is 1. The molecule has 1 aromatic heterocycles. The quantitative estimate of drug-likeness (QED) is 0.0928. The van der Waals surface area contributed by atoms with E-state index in [1.165, 1.54) is 6.07 Å². The zero-order chi connectivity index (χ0) is 58.7. The standard InChI is InChI=1S/C65H83FN10O8/c1-4-84-58-39-52(83-3)21-20-51(58)41-70(2)43-59(77)76-25-11-16-50(42-76)48-14-10-15-49(38-48)62(79)67-61(47-12-6-5-7-13-47)65(82)75-30-28-72(29-31-75)40-45-23-26-71(27-24-45)44-60(78)73-32-34-74(35-33-73)64(81)55-36-46(19-22-56(55)66)37-57-53-17-8-9-18-54(53)63(80)69-68-57/h8-10,14-15,17-22,36,38-39,45,47,50,61H,4-7,11-13,16,23-35,37,40-44H2,1-3H3,(H,67,79)(H,69,80)/t50?,61-/m1/s1. The molecule has 1 unspecified atom stereocenters. The van der Waals surface area contributed by atoms with E-state index in [-0.39, 0.29) is 53.1 Å². The first kappa shape index (κ1) is 59.9. The number of nitrogens with zero attached hydrogens (tertiary/aromatic N) is 8. The van der Waals surface area contributed by atoms with Crippen molar-refractivity contribution in [3.63, 3.8) is 0 Å². The number of aromatic amines is 1. The summed E-state index contributed by atoms with van der Waals surface area (Å²) in [6.45, 7) is 11.6. The van der Waals surface area contributed by atoms with Crippen molar-refractivity contribution in [1.29, 1.82) is 0 Å². The molecule has 4 saturated heterocycles. The van der Waals surface area contributed by atoms with E-state index in [0.717, 1.165) is 113 Å². The van der Waals surface area contributed by atoms with Gasteiger partial charge in [-0.15, -0.1) is 0 Å². The monoisotopic (exact) mass is 1150 g/mol. The molecular formula is C65H83FN10O8. The number of piperazine rings is 2. The average Bonchev–Trinajstić information content (AvgIpc) is 3.72. The number of ether oxygens (including phenoxy) is 2. The number of H-pyrrole nitrogens is 1. The summed E-state index contributed by atoms with van der Waals surface area (Å²) in [5.41, 5.74) is 3.55. The van der Waals surface area contributed by atoms with E-state index in [2.05, 4.69) is 31.4 Å². The van der Waals surface area contributed by atoms with Crippen LogP contribution in [-0.4, -0.2) is 199 Å². The first-order valence-corrected chi connectivity index (χ1v) is 30.5. The van der Waals surface area contributed by atoms with Crippen molar-refractivity contribution in [3.05, 3.63) is 135 Å². The number of aromatic nitrogens is 2. The summed E-state index contributed by atoms with van der Waals surface area (Å²) in [6, 6.07) is 24.6. The molecule has 4 aromatic carbocycles. The lowest BCUT2D eigenvalue weighted by Crippen LogP contribution is -2.57. The van der Waals surface area contributed by atoms with Crippen LogP contribution >= 0.6 is 0 Å². The maximum atomic E-state index is 15.2. The predicted molar refractivity (Wildman–Crippen MR) is 320 cm³/mol. The van der Waals surface area contributed by atoms with Gasteiger partial charge in [0.15, 0.2) is 0 Å². The van der Waals surface area contributed by atoms with Gasteiger partial charge in [-0.3, -0.25) is 43.5 Å². The van der Waals surface area contributed by atoms with Crippen LogP contribution in [0.4, 0.5) is 4.39 Å². The van der Waals surface area contributed by atoms with Gasteiger partial charge in [0.1, 0.15) is 23.4 Å². The molecule has 5 heterocycles. The summed E-state index contributed by atoms with van der Waals surface area (Å²) in [5, 5.41) is 11.3. The van der Waals surface area contributed by atoms with Gasteiger partial charge in [-0.05, 0) is 125 Å². The molecule has 4 aliphatic heterocycles. The zero-order valence-corrected chi connectivity index (χ0v) is 49.2. The van der Waals surface area contributed by atoms with E-state index in [1.54, 1.807) is 41.2 Å². The summed E-state index contributed by atoms with van der Waals surface area (Å²) in [4.78, 5) is 96.1. The second-order valence-corrected chi connectivity index (χ2v) is 23.8. The molecule has 1 saturated carbocycles. The molecule has 448 valence electrons. The molecule has 5 fully saturated rings. The minimum absolute atomic E-state index is 0.0100. The number of hydrogen-bond donors (Lipinski definition) is 2. The van der Waals surface area contributed by atoms with Gasteiger partial charge >= 0.3 is 0 Å². The Kier molecular flexibility index (Phi) is 20.1. The number of hydrogen-bond acceptors (Lipinski definition) is 12. The highest BCUT2D eigenvalue weighted by Gasteiger charge is 2.37. The van der Waals surface area contributed by atoms with Crippen LogP contribution in [-0.2, 0) is 27.3 Å². The number of amides is 5. The van der Waals surface area contributed by atoms with Crippen molar-refractivity contribution >= 4 is 40.3 Å². The molecule has 19 heteroatoms. The first-order chi connectivity index (χ1) is 40.8. The number of likely N-dealkylation sites (N-methyl/N-ethyl adjacent to an activating group) is 1. The normalized spacial score (nSPS) is 19.1. The lowest BCUT2D eigenvalue weighted by Gasteiger charge is -2.41. The number of nitrogens with one attached hydrogen (secondary N) is 2. The Bertz CT molecular complexity index is 3180. The van der Waals surface area contributed by atoms with Gasteiger partial charge in [-0.25, -0.2) is 9.49 Å². The summed E-state index contributed by atoms with van der Waals surface area (Å²) in [6.07, 6.45) is 9.08. The van der Waals surface area contributed by atoms with Crippen LogP contribution in [0.15, 0.2) is 89.7 Å². The summed E-state index contributed by atoms with van der Waals surface area (Å²) in [7, 11) is 3.58. The Morgan fingerprint density at radius 3 is 2.23 bits per heavy atom. The van der Waals surface area contributed by atoms with Crippen LogP contribution in [0.5, 0.6) is 11.5 Å². The van der Waals surface area contributed by atoms with Gasteiger partial charge < -0.3 is 34.4 Å². The second-order valence-electron chi connectivity index (χ2n) is 23.8. The highest BCUT2D eigenvalue weighted by Crippen LogP contribution is 2.32. The summed E-state index contributed by atoms with van der Waals surface area (Å²) >= 11 is 0. The largest absolute Gasteiger partial charge is 0.497 e. The lowest BCUT2D eigenvalue weighted by atomic mass is 9.83. The zero-order valence-electron chi connectivity index (χ0n) is 49.2. The van der Waals surface area contributed by atoms with Crippen LogP contribution < -0.4 is 20.3 Å². The maximum absolute atomic E-state index is 15.2. The Morgan fingerprint density at radius 2 is 1.48 bits per heavy atom. The van der Waals surface area contributed by atoms with Crippen LogP contribution in [0, 0.1) is 17.7 Å². The first-order valence-electron chi connectivity index (χ1n) is 30.5. The fourth-order valence-corrected chi connectivity index (χ4v) is 13.2. The van der Waals surface area contributed by atoms with E-state index in [9.17, 15) is 28.8 Å². The van der Waals surface area contributed by atoms with E-state index >= 15 is 4.39 Å². The Hall–Kier alpha value is -7.22. The van der Waals surface area contributed by atoms with E-state index in [1.807, 2.05) is 77.2 Å². The molecule has 5 aromatic rings. The fourth-order valence-electron chi connectivity index (χ4n) is 13.2. The molecule has 18 nitrogen and oxygen atoms in total. The third-order valence-corrected chi connectivity index (χ3v) is 18.1. The highest BCUT2D eigenvalue weighted by molar-refractivity contribution is 5.98. The molecule has 5 aliphatic rings. The number of carbonyl (C=O) groups is 5. The third kappa shape index (κ3) is 14.8. The topological polar surface area (TPSA) is 184 Å². The number of benzene rings is 4. The van der Waals surface area contributed by atoms with Gasteiger partial charge in [0.25, 0.3) is 17.4 Å². The van der Waals surface area contributed by atoms with Crippen molar-refractivity contribution in [3.8, 4) is 11.5 Å². The average molecular weight is 1150 g/mol. The molecule has 1 aliphatic carbocycles. The molecule has 2 N–H and O–H groups in total. The Morgan fingerprint density at radius 1 is 0.738 bits per heavy atom. The van der Waals surface area contributed by atoms with Crippen molar-refractivity contribution in [2.45, 2.75) is 89.6 Å². The van der Waals surface area contributed by atoms with Gasteiger partial charge in [-0.2, -0.15) is 5.10 Å². The van der Waals surface area contributed by atoms with Crippen molar-refractivity contribution in [2.24, 2.45) is 11.8 Å². The number of piperidine rings is 2. The van der Waals surface area contributed by atoms with Crippen molar-refractivity contribution < 1.29 is 37.8 Å². The third-order valence-electron chi connectivity index (χ3n) is 18.1. The van der Waals surface area contributed by atoms with Crippen molar-refractivity contribution in [1.82, 2.24) is 49.8 Å². The SMILES string of the molecule is CCOc1cc(OC)ccc1CN(C)CC(=O)N1CCCC(c2cccc(C(=O)N[C@@H](C(=O)N3CCN(CC4CCN(CC(=O)N5CCN(C(=O)c6cc(Cc7n[nH]c(=O)c8ccccc78)ccc6F)CC5)CC4)CC3)C3CCCCC3)c2)C1. The van der Waals surface area contributed by atoms with Gasteiger partial charge in [0.2, 0.25) is 17.7 Å². The number of rotatable bonds is 19. The highest BCUT2D eigenvalue weighted by atomic mass is 19.1. The smallest absolute Gasteiger partial charge is 0.272 e. The summed E-state index contributed by atoms with van der Waals surface area (Å²) in [5.74, 6) is 0.977. The molecule has 5 amide bonds.